The van der Waals surface area contributed by atoms with Crippen molar-refractivity contribution in [2.45, 2.75) is 18.4 Å². The highest BCUT2D eigenvalue weighted by molar-refractivity contribution is 7.92. The van der Waals surface area contributed by atoms with Gasteiger partial charge in [-0.05, 0) is 42.3 Å². The lowest BCUT2D eigenvalue weighted by Gasteiger charge is -2.12. The molecule has 0 radical (unpaired) electrons. The fourth-order valence-corrected chi connectivity index (χ4v) is 2.98. The zero-order valence-corrected chi connectivity index (χ0v) is 12.2. The Morgan fingerprint density at radius 3 is 2.67 bits per heavy atom. The van der Waals surface area contributed by atoms with Crippen LogP contribution in [0.2, 0.25) is 0 Å². The summed E-state index contributed by atoms with van der Waals surface area (Å²) in [5.74, 6) is 0. The molecule has 2 N–H and O–H groups in total. The fourth-order valence-electron chi connectivity index (χ4n) is 1.81. The van der Waals surface area contributed by atoms with Gasteiger partial charge in [-0.1, -0.05) is 18.2 Å². The maximum Gasteiger partial charge on any atom is 0.261 e. The van der Waals surface area contributed by atoms with Crippen LogP contribution in [0.5, 0.6) is 0 Å². The zero-order valence-electron chi connectivity index (χ0n) is 11.4. The molecule has 0 heterocycles. The van der Waals surface area contributed by atoms with Gasteiger partial charge in [0.15, 0.2) is 0 Å². The number of aliphatic hydroxyl groups excluding tert-OH is 1. The standard InChI is InChI=1S/C15H14N2O3S/c1-11-5-6-13(10-18)8-15(11)17-21(19,20)14-4-2-3-12(7-14)9-16/h2-8,17-18H,10H2,1H3. The summed E-state index contributed by atoms with van der Waals surface area (Å²) in [6.07, 6.45) is 0. The number of hydrogen-bond donors (Lipinski definition) is 2. The van der Waals surface area contributed by atoms with Crippen LogP contribution >= 0.6 is 0 Å². The van der Waals surface area contributed by atoms with Crippen molar-refractivity contribution in [3.63, 3.8) is 0 Å². The SMILES string of the molecule is Cc1ccc(CO)cc1NS(=O)(=O)c1cccc(C#N)c1. The maximum atomic E-state index is 12.3. The molecule has 0 amide bonds. The van der Waals surface area contributed by atoms with Gasteiger partial charge in [-0.15, -0.1) is 0 Å². The third-order valence-corrected chi connectivity index (χ3v) is 4.37. The van der Waals surface area contributed by atoms with E-state index >= 15 is 0 Å². The second kappa shape index (κ2) is 5.95. The van der Waals surface area contributed by atoms with Crippen LogP contribution in [0, 0.1) is 18.3 Å². The van der Waals surface area contributed by atoms with Crippen molar-refractivity contribution in [2.24, 2.45) is 0 Å². The number of benzene rings is 2. The quantitative estimate of drug-likeness (QED) is 0.905. The summed E-state index contributed by atoms with van der Waals surface area (Å²) in [7, 11) is -3.78. The minimum absolute atomic E-state index is 0.0235. The van der Waals surface area contributed by atoms with Crippen molar-refractivity contribution in [3.05, 3.63) is 59.2 Å². The van der Waals surface area contributed by atoms with E-state index in [-0.39, 0.29) is 17.1 Å². The van der Waals surface area contributed by atoms with Crippen molar-refractivity contribution in [3.8, 4) is 6.07 Å². The summed E-state index contributed by atoms with van der Waals surface area (Å²) in [6, 6.07) is 12.7. The van der Waals surface area contributed by atoms with Crippen LogP contribution in [-0.2, 0) is 16.6 Å². The van der Waals surface area contributed by atoms with Gasteiger partial charge in [-0.3, -0.25) is 4.72 Å². The molecule has 0 saturated carbocycles. The molecule has 0 aromatic heterocycles. The Morgan fingerprint density at radius 2 is 2.00 bits per heavy atom. The molecular weight excluding hydrogens is 288 g/mol. The van der Waals surface area contributed by atoms with Crippen molar-refractivity contribution < 1.29 is 13.5 Å². The molecule has 0 aliphatic rings. The van der Waals surface area contributed by atoms with Crippen molar-refractivity contribution in [1.82, 2.24) is 0 Å². The highest BCUT2D eigenvalue weighted by atomic mass is 32.2. The van der Waals surface area contributed by atoms with Gasteiger partial charge in [0.05, 0.1) is 28.8 Å². The number of rotatable bonds is 4. The molecule has 0 saturated heterocycles. The molecule has 2 aromatic rings. The van der Waals surface area contributed by atoms with Gasteiger partial charge in [0.1, 0.15) is 0 Å². The van der Waals surface area contributed by atoms with E-state index in [1.54, 1.807) is 25.1 Å². The van der Waals surface area contributed by atoms with Gasteiger partial charge in [-0.2, -0.15) is 5.26 Å². The molecule has 21 heavy (non-hydrogen) atoms. The third-order valence-electron chi connectivity index (χ3n) is 3.00. The number of aryl methyl sites for hydroxylation is 1. The molecule has 0 atom stereocenters. The first kappa shape index (κ1) is 15.0. The van der Waals surface area contributed by atoms with E-state index < -0.39 is 10.0 Å². The molecule has 0 fully saturated rings. The van der Waals surface area contributed by atoms with Crippen LogP contribution < -0.4 is 4.72 Å². The minimum atomic E-state index is -3.78. The number of anilines is 1. The highest BCUT2D eigenvalue weighted by Gasteiger charge is 2.16. The fraction of sp³-hybridized carbons (Fsp3) is 0.133. The molecular formula is C15H14N2O3S. The first-order valence-corrected chi connectivity index (χ1v) is 7.68. The van der Waals surface area contributed by atoms with Crippen LogP contribution in [0.3, 0.4) is 0 Å². The summed E-state index contributed by atoms with van der Waals surface area (Å²) < 4.78 is 27.2. The van der Waals surface area contributed by atoms with Gasteiger partial charge >= 0.3 is 0 Å². The predicted octanol–water partition coefficient (Wildman–Crippen LogP) is 2.16. The lowest BCUT2D eigenvalue weighted by atomic mass is 10.1. The molecule has 2 aromatic carbocycles. The maximum absolute atomic E-state index is 12.3. The molecule has 0 unspecified atom stereocenters. The molecule has 6 heteroatoms. The Labute approximate surface area is 123 Å². The number of nitrogens with one attached hydrogen (secondary N) is 1. The molecule has 2 rings (SSSR count). The summed E-state index contributed by atoms with van der Waals surface area (Å²) in [4.78, 5) is 0.0235. The Bertz CT molecular complexity index is 808. The van der Waals surface area contributed by atoms with E-state index in [4.69, 9.17) is 10.4 Å². The number of sulfonamides is 1. The van der Waals surface area contributed by atoms with E-state index in [9.17, 15) is 8.42 Å². The van der Waals surface area contributed by atoms with Gasteiger partial charge < -0.3 is 5.11 Å². The van der Waals surface area contributed by atoms with Crippen LogP contribution in [0.25, 0.3) is 0 Å². The zero-order chi connectivity index (χ0) is 15.5. The summed E-state index contributed by atoms with van der Waals surface area (Å²) in [5, 5.41) is 18.0. The van der Waals surface area contributed by atoms with Gasteiger partial charge in [0.25, 0.3) is 10.0 Å². The topological polar surface area (TPSA) is 90.2 Å². The third kappa shape index (κ3) is 3.40. The van der Waals surface area contributed by atoms with Gasteiger partial charge in [-0.25, -0.2) is 8.42 Å². The number of nitriles is 1. The second-order valence-corrected chi connectivity index (χ2v) is 6.23. The molecule has 0 bridgehead atoms. The van der Waals surface area contributed by atoms with E-state index in [1.165, 1.54) is 24.3 Å². The Balaban J connectivity index is 2.40. The minimum Gasteiger partial charge on any atom is -0.392 e. The van der Waals surface area contributed by atoms with E-state index in [2.05, 4.69) is 4.72 Å². The van der Waals surface area contributed by atoms with E-state index in [0.717, 1.165) is 5.56 Å². The number of aliphatic hydroxyl groups is 1. The summed E-state index contributed by atoms with van der Waals surface area (Å²) >= 11 is 0. The predicted molar refractivity (Wildman–Crippen MR) is 79.1 cm³/mol. The second-order valence-electron chi connectivity index (χ2n) is 4.55. The summed E-state index contributed by atoms with van der Waals surface area (Å²) in [5.41, 5.74) is 2.04. The average Bonchev–Trinajstić information content (AvgIpc) is 2.49. The van der Waals surface area contributed by atoms with Crippen molar-refractivity contribution >= 4 is 15.7 Å². The van der Waals surface area contributed by atoms with Crippen LogP contribution in [0.1, 0.15) is 16.7 Å². The number of nitrogens with zero attached hydrogens (tertiary/aromatic N) is 1. The Morgan fingerprint density at radius 1 is 1.24 bits per heavy atom. The van der Waals surface area contributed by atoms with Crippen LogP contribution in [0.15, 0.2) is 47.4 Å². The first-order valence-electron chi connectivity index (χ1n) is 6.19. The lowest BCUT2D eigenvalue weighted by Crippen LogP contribution is -2.14. The Kier molecular flexibility index (Phi) is 4.26. The lowest BCUT2D eigenvalue weighted by molar-refractivity contribution is 0.282. The normalized spacial score (nSPS) is 10.9. The first-order chi connectivity index (χ1) is 9.96. The van der Waals surface area contributed by atoms with Crippen LogP contribution in [0.4, 0.5) is 5.69 Å². The largest absolute Gasteiger partial charge is 0.392 e. The average molecular weight is 302 g/mol. The smallest absolute Gasteiger partial charge is 0.261 e. The van der Waals surface area contributed by atoms with Gasteiger partial charge in [0.2, 0.25) is 0 Å². The van der Waals surface area contributed by atoms with E-state index in [1.807, 2.05) is 6.07 Å². The van der Waals surface area contributed by atoms with Crippen molar-refractivity contribution in [1.29, 1.82) is 5.26 Å². The summed E-state index contributed by atoms with van der Waals surface area (Å²) in [6.45, 7) is 1.60. The molecule has 0 spiro atoms. The number of hydrogen-bond acceptors (Lipinski definition) is 4. The Hall–Kier alpha value is -2.36. The van der Waals surface area contributed by atoms with Gasteiger partial charge in [0, 0.05) is 0 Å². The van der Waals surface area contributed by atoms with Crippen LogP contribution in [-0.4, -0.2) is 13.5 Å². The van der Waals surface area contributed by atoms with Crippen molar-refractivity contribution in [2.75, 3.05) is 4.72 Å². The monoisotopic (exact) mass is 302 g/mol. The van der Waals surface area contributed by atoms with E-state index in [0.29, 0.717) is 11.3 Å². The molecule has 0 aliphatic carbocycles. The highest BCUT2D eigenvalue weighted by Crippen LogP contribution is 2.21. The molecule has 0 aliphatic heterocycles. The molecule has 5 nitrogen and oxygen atoms in total. The molecule has 108 valence electrons.